The Labute approximate surface area is 131 Å². The monoisotopic (exact) mass is 320 g/mol. The van der Waals surface area contributed by atoms with Crippen molar-refractivity contribution in [1.82, 2.24) is 0 Å². The maximum Gasteiger partial charge on any atom is 0.420 e. The lowest BCUT2D eigenvalue weighted by atomic mass is 9.94. The first-order valence-corrected chi connectivity index (χ1v) is 7.30. The van der Waals surface area contributed by atoms with Crippen LogP contribution in [0.3, 0.4) is 0 Å². The van der Waals surface area contributed by atoms with Crippen LogP contribution in [0.2, 0.25) is 0 Å². The number of hydrogen-bond donors (Lipinski definition) is 0. The fraction of sp³-hybridized carbons (Fsp3) is 0.278. The lowest BCUT2D eigenvalue weighted by Gasteiger charge is -2.16. The topological polar surface area (TPSA) is 26.3 Å². The molecule has 0 heterocycles. The van der Waals surface area contributed by atoms with Gasteiger partial charge in [-0.15, -0.1) is 0 Å². The molecule has 2 nitrogen and oxygen atoms in total. The Hall–Kier alpha value is -2.30. The van der Waals surface area contributed by atoms with Gasteiger partial charge in [-0.2, -0.15) is 13.2 Å². The van der Waals surface area contributed by atoms with Crippen LogP contribution in [0.25, 0.3) is 10.8 Å². The van der Waals surface area contributed by atoms with Gasteiger partial charge in [0.1, 0.15) is 11.3 Å². The summed E-state index contributed by atoms with van der Waals surface area (Å²) in [6.45, 7) is 0. The lowest BCUT2D eigenvalue weighted by molar-refractivity contribution is -0.137. The molecule has 0 unspecified atom stereocenters. The van der Waals surface area contributed by atoms with Gasteiger partial charge in [0.15, 0.2) is 5.78 Å². The predicted octanol–water partition coefficient (Wildman–Crippen LogP) is 4.70. The maximum absolute atomic E-state index is 13.4. The highest BCUT2D eigenvalue weighted by atomic mass is 19.4. The first kappa shape index (κ1) is 15.6. The second kappa shape index (κ2) is 5.72. The van der Waals surface area contributed by atoms with Crippen molar-refractivity contribution in [3.05, 3.63) is 53.1 Å². The largest absolute Gasteiger partial charge is 0.496 e. The minimum Gasteiger partial charge on any atom is -0.496 e. The Morgan fingerprint density at radius 1 is 1.13 bits per heavy atom. The number of hydrogen-bond acceptors (Lipinski definition) is 2. The van der Waals surface area contributed by atoms with E-state index in [-0.39, 0.29) is 16.9 Å². The quantitative estimate of drug-likeness (QED) is 0.819. The summed E-state index contributed by atoms with van der Waals surface area (Å²) in [5.74, 6) is -0.120. The number of methoxy groups -OCH3 is 1. The molecule has 0 amide bonds. The third kappa shape index (κ3) is 2.83. The molecule has 0 N–H and O–H groups in total. The number of ketones is 1. The first-order valence-electron chi connectivity index (χ1n) is 7.30. The van der Waals surface area contributed by atoms with Crippen LogP contribution in [-0.2, 0) is 17.4 Å². The molecule has 0 bridgehead atoms. The molecule has 0 aliphatic heterocycles. The van der Waals surface area contributed by atoms with E-state index in [4.69, 9.17) is 4.74 Å². The minimum absolute atomic E-state index is 0.0755. The number of rotatable bonds is 3. The molecule has 3 rings (SSSR count). The Bertz CT molecular complexity index is 804. The van der Waals surface area contributed by atoms with Crippen LogP contribution in [0.4, 0.5) is 13.2 Å². The number of alkyl halides is 3. The van der Waals surface area contributed by atoms with E-state index >= 15 is 0 Å². The first-order chi connectivity index (χ1) is 10.9. The number of halogens is 3. The minimum atomic E-state index is -4.51. The number of carbonyl (C=O) groups excluding carboxylic acids is 1. The standard InChI is InChI=1S/C18H15F3O2/c1-23-16-9-8-13-11(10-12-5-3-7-15(12)22)4-2-6-14(13)17(16)18(19,20)21/h2,4-6,8-9H,3,7,10H2,1H3. The van der Waals surface area contributed by atoms with Crippen LogP contribution in [0.5, 0.6) is 5.75 Å². The zero-order valence-corrected chi connectivity index (χ0v) is 12.5. The summed E-state index contributed by atoms with van der Waals surface area (Å²) in [6.07, 6.45) is -1.08. The van der Waals surface area contributed by atoms with Crippen molar-refractivity contribution in [2.24, 2.45) is 0 Å². The molecule has 0 saturated carbocycles. The van der Waals surface area contributed by atoms with Crippen molar-refractivity contribution in [3.63, 3.8) is 0 Å². The van der Waals surface area contributed by atoms with Gasteiger partial charge in [0.05, 0.1) is 7.11 Å². The molecule has 1 aliphatic carbocycles. The second-order valence-corrected chi connectivity index (χ2v) is 5.52. The van der Waals surface area contributed by atoms with Gasteiger partial charge in [-0.25, -0.2) is 0 Å². The van der Waals surface area contributed by atoms with Crippen LogP contribution < -0.4 is 4.74 Å². The molecule has 2 aromatic carbocycles. The fourth-order valence-electron chi connectivity index (χ4n) is 3.05. The van der Waals surface area contributed by atoms with Crippen molar-refractivity contribution in [2.75, 3.05) is 7.11 Å². The molecule has 0 fully saturated rings. The summed E-state index contributed by atoms with van der Waals surface area (Å²) in [5, 5.41) is 0.599. The van der Waals surface area contributed by atoms with Gasteiger partial charge >= 0.3 is 6.18 Å². The van der Waals surface area contributed by atoms with Gasteiger partial charge < -0.3 is 4.74 Å². The van der Waals surface area contributed by atoms with Crippen molar-refractivity contribution in [2.45, 2.75) is 25.4 Å². The number of benzene rings is 2. The van der Waals surface area contributed by atoms with Gasteiger partial charge in [-0.3, -0.25) is 4.79 Å². The van der Waals surface area contributed by atoms with E-state index in [1.165, 1.54) is 19.2 Å². The molecule has 23 heavy (non-hydrogen) atoms. The summed E-state index contributed by atoms with van der Waals surface area (Å²) in [4.78, 5) is 11.8. The number of fused-ring (bicyclic) bond motifs is 1. The van der Waals surface area contributed by atoms with E-state index in [0.29, 0.717) is 30.2 Å². The van der Waals surface area contributed by atoms with E-state index in [0.717, 1.165) is 5.56 Å². The normalized spacial score (nSPS) is 15.1. The van der Waals surface area contributed by atoms with Gasteiger partial charge in [0.25, 0.3) is 0 Å². The Morgan fingerprint density at radius 2 is 1.91 bits per heavy atom. The third-order valence-corrected chi connectivity index (χ3v) is 4.12. The molecule has 0 atom stereocenters. The zero-order chi connectivity index (χ0) is 16.6. The van der Waals surface area contributed by atoms with Crippen LogP contribution in [0.15, 0.2) is 42.0 Å². The molecule has 0 saturated heterocycles. The SMILES string of the molecule is COc1ccc2c(CC3=CCCC3=O)cccc2c1C(F)(F)F. The van der Waals surface area contributed by atoms with E-state index in [1.54, 1.807) is 18.2 Å². The average Bonchev–Trinajstić information content (AvgIpc) is 2.90. The number of allylic oxidation sites excluding steroid dienone is 2. The Kier molecular flexibility index (Phi) is 3.88. The maximum atomic E-state index is 13.4. The van der Waals surface area contributed by atoms with E-state index in [9.17, 15) is 18.0 Å². The molecule has 2 aromatic rings. The summed E-state index contributed by atoms with van der Waals surface area (Å²) in [5.41, 5.74) is 0.630. The highest BCUT2D eigenvalue weighted by molar-refractivity contribution is 5.99. The van der Waals surface area contributed by atoms with Crippen LogP contribution in [-0.4, -0.2) is 12.9 Å². The van der Waals surface area contributed by atoms with Crippen LogP contribution in [0.1, 0.15) is 24.0 Å². The molecule has 5 heteroatoms. The van der Waals surface area contributed by atoms with Gasteiger partial charge in [0.2, 0.25) is 0 Å². The smallest absolute Gasteiger partial charge is 0.420 e. The van der Waals surface area contributed by atoms with Crippen LogP contribution in [0, 0.1) is 0 Å². The van der Waals surface area contributed by atoms with E-state index < -0.39 is 11.7 Å². The molecule has 0 aromatic heterocycles. The Balaban J connectivity index is 2.17. The summed E-state index contributed by atoms with van der Waals surface area (Å²) in [6, 6.07) is 7.75. The summed E-state index contributed by atoms with van der Waals surface area (Å²) in [7, 11) is 1.22. The van der Waals surface area contributed by atoms with E-state index in [2.05, 4.69) is 0 Å². The predicted molar refractivity (Wildman–Crippen MR) is 81.5 cm³/mol. The van der Waals surface area contributed by atoms with Crippen LogP contribution >= 0.6 is 0 Å². The van der Waals surface area contributed by atoms with Crippen molar-refractivity contribution in [1.29, 1.82) is 0 Å². The lowest BCUT2D eigenvalue weighted by Crippen LogP contribution is -2.09. The molecule has 120 valence electrons. The fourth-order valence-corrected chi connectivity index (χ4v) is 3.05. The number of ether oxygens (including phenoxy) is 1. The molecule has 0 spiro atoms. The van der Waals surface area contributed by atoms with Gasteiger partial charge in [-0.05, 0) is 34.4 Å². The van der Waals surface area contributed by atoms with Gasteiger partial charge in [-0.1, -0.05) is 30.3 Å². The zero-order valence-electron chi connectivity index (χ0n) is 12.5. The molecular weight excluding hydrogens is 305 g/mol. The highest BCUT2D eigenvalue weighted by Crippen LogP contribution is 2.42. The summed E-state index contributed by atoms with van der Waals surface area (Å²) < 4.78 is 45.1. The van der Waals surface area contributed by atoms with E-state index in [1.807, 2.05) is 6.08 Å². The van der Waals surface area contributed by atoms with Crippen molar-refractivity contribution < 1.29 is 22.7 Å². The van der Waals surface area contributed by atoms with Crippen molar-refractivity contribution in [3.8, 4) is 5.75 Å². The number of carbonyl (C=O) groups is 1. The van der Waals surface area contributed by atoms with Gasteiger partial charge in [0, 0.05) is 12.8 Å². The number of Topliss-reactive ketones (excluding diaryl/α,β-unsaturated/α-hetero) is 1. The molecular formula is C18H15F3O2. The van der Waals surface area contributed by atoms with Crippen molar-refractivity contribution >= 4 is 16.6 Å². The molecule has 1 aliphatic rings. The molecule has 0 radical (unpaired) electrons. The Morgan fingerprint density at radius 3 is 2.52 bits per heavy atom. The second-order valence-electron chi connectivity index (χ2n) is 5.52. The summed E-state index contributed by atoms with van der Waals surface area (Å²) >= 11 is 0. The third-order valence-electron chi connectivity index (χ3n) is 4.12. The average molecular weight is 320 g/mol. The highest BCUT2D eigenvalue weighted by Gasteiger charge is 2.36.